The fraction of sp³-hybridized carbons (Fsp3) is 0.947. The normalized spacial score (nSPS) is 24.2. The fourth-order valence-electron chi connectivity index (χ4n) is 3.60. The Labute approximate surface area is 159 Å². The molecule has 2 rings (SSSR count). The van der Waals surface area contributed by atoms with E-state index in [1.807, 2.05) is 0 Å². The Morgan fingerprint density at radius 2 is 1.88 bits per heavy atom. The minimum absolute atomic E-state index is 0.379. The van der Waals surface area contributed by atoms with Gasteiger partial charge < -0.3 is 24.6 Å². The number of hydrogen-bond acceptors (Lipinski definition) is 5. The van der Waals surface area contributed by atoms with E-state index in [-0.39, 0.29) is 0 Å². The van der Waals surface area contributed by atoms with Gasteiger partial charge in [0.1, 0.15) is 0 Å². The molecule has 2 fully saturated rings. The molecule has 7 heteroatoms. The maximum absolute atomic E-state index is 5.97. The monoisotopic (exact) mass is 369 g/mol. The van der Waals surface area contributed by atoms with Crippen LogP contribution in [0.4, 0.5) is 0 Å². The average Bonchev–Trinajstić information content (AvgIpc) is 2.65. The molecule has 0 aromatic carbocycles. The molecule has 0 radical (unpaired) electrons. The summed E-state index contributed by atoms with van der Waals surface area (Å²) in [5.41, 5.74) is 0. The lowest BCUT2D eigenvalue weighted by Crippen LogP contribution is -2.52. The van der Waals surface area contributed by atoms with Crippen molar-refractivity contribution in [1.82, 2.24) is 20.0 Å². The second kappa shape index (κ2) is 11.7. The summed E-state index contributed by atoms with van der Waals surface area (Å²) in [6.07, 6.45) is 3.50. The van der Waals surface area contributed by atoms with Crippen molar-refractivity contribution in [2.45, 2.75) is 38.3 Å². The average molecular weight is 370 g/mol. The number of ether oxygens (including phenoxy) is 2. The summed E-state index contributed by atoms with van der Waals surface area (Å²) in [4.78, 5) is 12.2. The summed E-state index contributed by atoms with van der Waals surface area (Å²) in [7, 11) is 6.15. The van der Waals surface area contributed by atoms with Crippen molar-refractivity contribution in [3.63, 3.8) is 0 Å². The summed E-state index contributed by atoms with van der Waals surface area (Å²) < 4.78 is 11.1. The van der Waals surface area contributed by atoms with E-state index in [0.717, 1.165) is 84.2 Å². The van der Waals surface area contributed by atoms with Gasteiger partial charge in [0.05, 0.1) is 12.6 Å². The molecule has 0 spiro atoms. The van der Waals surface area contributed by atoms with E-state index >= 15 is 0 Å². The Morgan fingerprint density at radius 3 is 2.58 bits per heavy atom. The van der Waals surface area contributed by atoms with Crippen LogP contribution >= 0.6 is 0 Å². The van der Waals surface area contributed by atoms with Gasteiger partial charge in [0, 0.05) is 65.6 Å². The van der Waals surface area contributed by atoms with Gasteiger partial charge in [-0.2, -0.15) is 0 Å². The smallest absolute Gasteiger partial charge is 0.193 e. The Balaban J connectivity index is 1.79. The van der Waals surface area contributed by atoms with Crippen molar-refractivity contribution in [3.8, 4) is 0 Å². The molecule has 1 atom stereocenters. The van der Waals surface area contributed by atoms with E-state index in [2.05, 4.69) is 41.0 Å². The predicted molar refractivity (Wildman–Crippen MR) is 107 cm³/mol. The highest BCUT2D eigenvalue weighted by Crippen LogP contribution is 2.15. The van der Waals surface area contributed by atoms with Gasteiger partial charge in [-0.3, -0.25) is 9.89 Å². The molecule has 0 amide bonds. The summed E-state index contributed by atoms with van der Waals surface area (Å²) in [6, 6.07) is 0.504. The van der Waals surface area contributed by atoms with Gasteiger partial charge >= 0.3 is 0 Å². The number of nitrogens with one attached hydrogen (secondary N) is 1. The molecule has 0 aliphatic carbocycles. The molecule has 1 unspecified atom stereocenters. The zero-order valence-electron chi connectivity index (χ0n) is 17.2. The number of aliphatic imine (C=N–C) groups is 1. The summed E-state index contributed by atoms with van der Waals surface area (Å²) in [5.74, 6) is 1.06. The van der Waals surface area contributed by atoms with Crippen molar-refractivity contribution in [2.24, 2.45) is 4.99 Å². The minimum Gasteiger partial charge on any atom is -0.385 e. The maximum Gasteiger partial charge on any atom is 0.193 e. The summed E-state index contributed by atoms with van der Waals surface area (Å²) in [6.45, 7) is 10.9. The predicted octanol–water partition coefficient (Wildman–Crippen LogP) is 0.715. The lowest BCUT2D eigenvalue weighted by Gasteiger charge is -2.38. The number of guanidine groups is 1. The molecule has 7 nitrogen and oxygen atoms in total. The third-order valence-corrected chi connectivity index (χ3v) is 5.35. The molecule has 0 aromatic rings. The van der Waals surface area contributed by atoms with Gasteiger partial charge in [0.2, 0.25) is 0 Å². The fourth-order valence-corrected chi connectivity index (χ4v) is 3.60. The largest absolute Gasteiger partial charge is 0.385 e. The highest BCUT2D eigenvalue weighted by atomic mass is 16.5. The van der Waals surface area contributed by atoms with Crippen molar-refractivity contribution >= 4 is 5.96 Å². The molecule has 0 saturated carbocycles. The SMILES string of the molecule is CCNC(=NCC1CN(C)CCN1C)N1CCC(OCCCOC)CC1. The molecule has 2 saturated heterocycles. The van der Waals surface area contributed by atoms with Crippen LogP contribution in [-0.4, -0.2) is 113 Å². The van der Waals surface area contributed by atoms with E-state index in [1.54, 1.807) is 7.11 Å². The Morgan fingerprint density at radius 1 is 1.12 bits per heavy atom. The lowest BCUT2D eigenvalue weighted by atomic mass is 10.1. The van der Waals surface area contributed by atoms with Crippen LogP contribution in [0.3, 0.4) is 0 Å². The van der Waals surface area contributed by atoms with Gasteiger partial charge in [-0.1, -0.05) is 0 Å². The number of likely N-dealkylation sites (tertiary alicyclic amines) is 1. The van der Waals surface area contributed by atoms with Crippen molar-refractivity contribution in [2.75, 3.05) is 80.2 Å². The highest BCUT2D eigenvalue weighted by Gasteiger charge is 2.24. The number of likely N-dealkylation sites (N-methyl/N-ethyl adjacent to an activating group) is 2. The van der Waals surface area contributed by atoms with Gasteiger partial charge in [-0.25, -0.2) is 0 Å². The van der Waals surface area contributed by atoms with Gasteiger partial charge in [0.15, 0.2) is 5.96 Å². The quantitative estimate of drug-likeness (QED) is 0.386. The zero-order valence-corrected chi connectivity index (χ0v) is 17.2. The molecule has 0 aromatic heterocycles. The zero-order chi connectivity index (χ0) is 18.8. The Hall–Kier alpha value is -0.890. The molecule has 0 bridgehead atoms. The molecule has 2 aliphatic heterocycles. The second-order valence-electron chi connectivity index (χ2n) is 7.49. The third kappa shape index (κ3) is 7.02. The van der Waals surface area contributed by atoms with Crippen LogP contribution in [0.2, 0.25) is 0 Å². The Kier molecular flexibility index (Phi) is 9.67. The van der Waals surface area contributed by atoms with Crippen molar-refractivity contribution < 1.29 is 9.47 Å². The minimum atomic E-state index is 0.379. The maximum atomic E-state index is 5.97. The third-order valence-electron chi connectivity index (χ3n) is 5.35. The van der Waals surface area contributed by atoms with Crippen LogP contribution in [0.5, 0.6) is 0 Å². The topological polar surface area (TPSA) is 52.6 Å². The Bertz CT molecular complexity index is 413. The number of nitrogens with zero attached hydrogens (tertiary/aromatic N) is 4. The molecule has 1 N–H and O–H groups in total. The number of hydrogen-bond donors (Lipinski definition) is 1. The van der Waals surface area contributed by atoms with Crippen LogP contribution in [0.1, 0.15) is 26.2 Å². The van der Waals surface area contributed by atoms with E-state index in [9.17, 15) is 0 Å². The highest BCUT2D eigenvalue weighted by molar-refractivity contribution is 5.80. The number of methoxy groups -OCH3 is 1. The first-order chi connectivity index (χ1) is 12.6. The number of piperidine rings is 1. The first-order valence-corrected chi connectivity index (χ1v) is 10.2. The first-order valence-electron chi connectivity index (χ1n) is 10.2. The van der Waals surface area contributed by atoms with Crippen LogP contribution in [0.25, 0.3) is 0 Å². The van der Waals surface area contributed by atoms with E-state index in [0.29, 0.717) is 12.1 Å². The van der Waals surface area contributed by atoms with Crippen LogP contribution in [0.15, 0.2) is 4.99 Å². The second-order valence-corrected chi connectivity index (χ2v) is 7.49. The van der Waals surface area contributed by atoms with Gasteiger partial charge in [-0.05, 0) is 40.3 Å². The number of rotatable bonds is 8. The van der Waals surface area contributed by atoms with Crippen LogP contribution < -0.4 is 5.32 Å². The van der Waals surface area contributed by atoms with Gasteiger partial charge in [-0.15, -0.1) is 0 Å². The standard InChI is InChI=1S/C19H39N5O2/c1-5-20-19(21-15-17-16-22(2)11-12-23(17)3)24-9-7-18(8-10-24)26-14-6-13-25-4/h17-18H,5-16H2,1-4H3,(H,20,21). The van der Waals surface area contributed by atoms with Gasteiger partial charge in [0.25, 0.3) is 0 Å². The lowest BCUT2D eigenvalue weighted by molar-refractivity contribution is 0.00987. The summed E-state index contributed by atoms with van der Waals surface area (Å²) >= 11 is 0. The van der Waals surface area contributed by atoms with E-state index in [1.165, 1.54) is 0 Å². The molecular formula is C19H39N5O2. The van der Waals surface area contributed by atoms with E-state index < -0.39 is 0 Å². The molecule has 2 heterocycles. The summed E-state index contributed by atoms with van der Waals surface area (Å²) in [5, 5.41) is 3.48. The van der Waals surface area contributed by atoms with Crippen LogP contribution in [-0.2, 0) is 9.47 Å². The molecule has 152 valence electrons. The van der Waals surface area contributed by atoms with E-state index in [4.69, 9.17) is 14.5 Å². The van der Waals surface area contributed by atoms with Crippen LogP contribution in [0, 0.1) is 0 Å². The molecular weight excluding hydrogens is 330 g/mol. The van der Waals surface area contributed by atoms with Crippen molar-refractivity contribution in [1.29, 1.82) is 0 Å². The molecule has 26 heavy (non-hydrogen) atoms. The molecule has 2 aliphatic rings. The first kappa shape index (κ1) is 21.4. The van der Waals surface area contributed by atoms with Crippen molar-refractivity contribution in [3.05, 3.63) is 0 Å². The number of piperazine rings is 1.